The van der Waals surface area contributed by atoms with Gasteiger partial charge in [-0.2, -0.15) is 4.98 Å². The summed E-state index contributed by atoms with van der Waals surface area (Å²) in [5, 5.41) is 8.04. The highest BCUT2D eigenvalue weighted by atomic mass is 15.4. The van der Waals surface area contributed by atoms with Crippen molar-refractivity contribution in [2.45, 2.75) is 19.8 Å². The number of hydrogen-bond donors (Lipinski definition) is 1. The van der Waals surface area contributed by atoms with Gasteiger partial charge in [-0.25, -0.2) is 4.52 Å². The van der Waals surface area contributed by atoms with Gasteiger partial charge < -0.3 is 10.2 Å². The SMILES string of the molecule is Cc1cccc2nc(N(C)CC3CCCNC3)nn12. The third-order valence-corrected chi connectivity index (χ3v) is 3.81. The van der Waals surface area contributed by atoms with E-state index in [1.165, 1.54) is 12.8 Å². The van der Waals surface area contributed by atoms with Crippen molar-refractivity contribution in [2.24, 2.45) is 5.92 Å². The average molecular weight is 259 g/mol. The fraction of sp³-hybridized carbons (Fsp3) is 0.571. The topological polar surface area (TPSA) is 45.5 Å². The summed E-state index contributed by atoms with van der Waals surface area (Å²) in [5.41, 5.74) is 2.03. The van der Waals surface area contributed by atoms with Crippen LogP contribution in [0.1, 0.15) is 18.5 Å². The highest BCUT2D eigenvalue weighted by Gasteiger charge is 2.17. The van der Waals surface area contributed by atoms with E-state index in [0.29, 0.717) is 5.92 Å². The molecule has 0 radical (unpaired) electrons. The normalized spacial score (nSPS) is 19.8. The maximum absolute atomic E-state index is 4.60. The fourth-order valence-electron chi connectivity index (χ4n) is 2.73. The number of anilines is 1. The molecule has 0 bridgehead atoms. The van der Waals surface area contributed by atoms with E-state index in [-0.39, 0.29) is 0 Å². The number of nitrogens with one attached hydrogen (secondary N) is 1. The Morgan fingerprint density at radius 1 is 1.47 bits per heavy atom. The van der Waals surface area contributed by atoms with Crippen molar-refractivity contribution in [3.8, 4) is 0 Å². The first kappa shape index (κ1) is 12.4. The van der Waals surface area contributed by atoms with Crippen molar-refractivity contribution in [1.82, 2.24) is 19.9 Å². The second-order valence-corrected chi connectivity index (χ2v) is 5.44. The van der Waals surface area contributed by atoms with E-state index in [2.05, 4.69) is 40.3 Å². The van der Waals surface area contributed by atoms with Gasteiger partial charge in [0.05, 0.1) is 0 Å². The predicted octanol–water partition coefficient (Wildman–Crippen LogP) is 1.47. The molecule has 0 aliphatic carbocycles. The molecule has 3 heterocycles. The van der Waals surface area contributed by atoms with E-state index in [4.69, 9.17) is 0 Å². The van der Waals surface area contributed by atoms with Crippen LogP contribution in [0.25, 0.3) is 5.65 Å². The van der Waals surface area contributed by atoms with Crippen molar-refractivity contribution in [1.29, 1.82) is 0 Å². The molecule has 102 valence electrons. The van der Waals surface area contributed by atoms with Crippen molar-refractivity contribution in [2.75, 3.05) is 31.6 Å². The van der Waals surface area contributed by atoms with E-state index in [0.717, 1.165) is 36.9 Å². The van der Waals surface area contributed by atoms with Gasteiger partial charge in [-0.1, -0.05) is 6.07 Å². The Morgan fingerprint density at radius 3 is 3.11 bits per heavy atom. The molecule has 1 N–H and O–H groups in total. The molecule has 5 heteroatoms. The zero-order valence-corrected chi connectivity index (χ0v) is 11.6. The molecule has 2 aromatic rings. The van der Waals surface area contributed by atoms with Gasteiger partial charge in [-0.15, -0.1) is 5.10 Å². The lowest BCUT2D eigenvalue weighted by molar-refractivity contribution is 0.380. The van der Waals surface area contributed by atoms with Gasteiger partial charge >= 0.3 is 0 Å². The van der Waals surface area contributed by atoms with Gasteiger partial charge in [-0.05, 0) is 50.9 Å². The molecule has 0 saturated carbocycles. The maximum Gasteiger partial charge on any atom is 0.245 e. The fourth-order valence-corrected chi connectivity index (χ4v) is 2.73. The maximum atomic E-state index is 4.60. The number of nitrogens with zero attached hydrogens (tertiary/aromatic N) is 4. The van der Waals surface area contributed by atoms with Gasteiger partial charge in [0.1, 0.15) is 0 Å². The number of fused-ring (bicyclic) bond motifs is 1. The van der Waals surface area contributed by atoms with Crippen LogP contribution in [0.4, 0.5) is 5.95 Å². The zero-order chi connectivity index (χ0) is 13.2. The van der Waals surface area contributed by atoms with Crippen LogP contribution in [0, 0.1) is 12.8 Å². The lowest BCUT2D eigenvalue weighted by Crippen LogP contribution is -2.37. The molecule has 0 amide bonds. The summed E-state index contributed by atoms with van der Waals surface area (Å²) in [5.74, 6) is 1.52. The summed E-state index contributed by atoms with van der Waals surface area (Å²) >= 11 is 0. The average Bonchev–Trinajstić information content (AvgIpc) is 2.85. The molecule has 5 nitrogen and oxygen atoms in total. The number of pyridine rings is 1. The van der Waals surface area contributed by atoms with Gasteiger partial charge in [0, 0.05) is 19.3 Å². The van der Waals surface area contributed by atoms with Crippen LogP contribution in [0.3, 0.4) is 0 Å². The van der Waals surface area contributed by atoms with Crippen LogP contribution in [0.5, 0.6) is 0 Å². The van der Waals surface area contributed by atoms with E-state index in [1.807, 2.05) is 16.6 Å². The Labute approximate surface area is 113 Å². The lowest BCUT2D eigenvalue weighted by atomic mass is 9.99. The summed E-state index contributed by atoms with van der Waals surface area (Å²) in [6.45, 7) is 5.34. The van der Waals surface area contributed by atoms with Crippen LogP contribution >= 0.6 is 0 Å². The molecule has 0 spiro atoms. The van der Waals surface area contributed by atoms with Gasteiger partial charge in [-0.3, -0.25) is 0 Å². The van der Waals surface area contributed by atoms with Gasteiger partial charge in [0.15, 0.2) is 5.65 Å². The minimum atomic E-state index is 0.700. The molecule has 2 aromatic heterocycles. The third kappa shape index (κ3) is 2.56. The molecule has 1 fully saturated rings. The number of rotatable bonds is 3. The minimum absolute atomic E-state index is 0.700. The Hall–Kier alpha value is -1.62. The summed E-state index contributed by atoms with van der Waals surface area (Å²) in [4.78, 5) is 6.77. The molecule has 0 aromatic carbocycles. The first-order chi connectivity index (χ1) is 9.24. The molecule has 1 unspecified atom stereocenters. The lowest BCUT2D eigenvalue weighted by Gasteiger charge is -2.26. The highest BCUT2D eigenvalue weighted by Crippen LogP contribution is 2.16. The summed E-state index contributed by atoms with van der Waals surface area (Å²) in [7, 11) is 2.08. The second-order valence-electron chi connectivity index (χ2n) is 5.44. The minimum Gasteiger partial charge on any atom is -0.342 e. The Balaban J connectivity index is 1.77. The number of piperidine rings is 1. The van der Waals surface area contributed by atoms with E-state index >= 15 is 0 Å². The van der Waals surface area contributed by atoms with Crippen molar-refractivity contribution < 1.29 is 0 Å². The van der Waals surface area contributed by atoms with E-state index in [9.17, 15) is 0 Å². The van der Waals surface area contributed by atoms with Crippen LogP contribution in [0.2, 0.25) is 0 Å². The van der Waals surface area contributed by atoms with Gasteiger partial charge in [0.25, 0.3) is 0 Å². The second kappa shape index (κ2) is 5.17. The summed E-state index contributed by atoms with van der Waals surface area (Å²) in [6.07, 6.45) is 2.57. The Bertz CT molecular complexity index is 556. The monoisotopic (exact) mass is 259 g/mol. The first-order valence-electron chi connectivity index (χ1n) is 6.98. The summed E-state index contributed by atoms with van der Waals surface area (Å²) < 4.78 is 1.91. The molecule has 1 aliphatic heterocycles. The van der Waals surface area contributed by atoms with Crippen LogP contribution < -0.4 is 10.2 Å². The molecule has 3 rings (SSSR count). The van der Waals surface area contributed by atoms with Crippen molar-refractivity contribution in [3.63, 3.8) is 0 Å². The first-order valence-corrected chi connectivity index (χ1v) is 6.98. The Morgan fingerprint density at radius 2 is 2.37 bits per heavy atom. The van der Waals surface area contributed by atoms with Crippen LogP contribution in [-0.4, -0.2) is 41.3 Å². The van der Waals surface area contributed by atoms with E-state index < -0.39 is 0 Å². The molecule has 1 aliphatic rings. The van der Waals surface area contributed by atoms with Crippen LogP contribution in [-0.2, 0) is 0 Å². The standard InChI is InChI=1S/C14H21N5/c1-11-5-3-7-13-16-14(17-19(11)13)18(2)10-12-6-4-8-15-9-12/h3,5,7,12,15H,4,6,8-10H2,1-2H3. The van der Waals surface area contributed by atoms with E-state index in [1.54, 1.807) is 0 Å². The predicted molar refractivity (Wildman–Crippen MR) is 76.6 cm³/mol. The molecular formula is C14H21N5. The largest absolute Gasteiger partial charge is 0.342 e. The zero-order valence-electron chi connectivity index (χ0n) is 11.6. The molecular weight excluding hydrogens is 238 g/mol. The number of hydrogen-bond acceptors (Lipinski definition) is 4. The Kier molecular flexibility index (Phi) is 3.38. The smallest absolute Gasteiger partial charge is 0.245 e. The molecule has 1 atom stereocenters. The number of aromatic nitrogens is 3. The van der Waals surface area contributed by atoms with Crippen molar-refractivity contribution >= 4 is 11.6 Å². The quantitative estimate of drug-likeness (QED) is 0.907. The molecule has 1 saturated heterocycles. The highest BCUT2D eigenvalue weighted by molar-refractivity contribution is 5.45. The van der Waals surface area contributed by atoms with Crippen LogP contribution in [0.15, 0.2) is 18.2 Å². The van der Waals surface area contributed by atoms with Crippen molar-refractivity contribution in [3.05, 3.63) is 23.9 Å². The number of aryl methyl sites for hydroxylation is 1. The third-order valence-electron chi connectivity index (χ3n) is 3.81. The molecule has 19 heavy (non-hydrogen) atoms. The van der Waals surface area contributed by atoms with Gasteiger partial charge in [0.2, 0.25) is 5.95 Å². The summed E-state index contributed by atoms with van der Waals surface area (Å²) in [6, 6.07) is 6.07.